The molecule has 0 unspecified atom stereocenters. The Labute approximate surface area is 142 Å². The van der Waals surface area contributed by atoms with Crippen molar-refractivity contribution < 1.29 is 19.0 Å². The number of ether oxygens (including phenoxy) is 3. The number of carbonyl (C=O) groups is 1. The van der Waals surface area contributed by atoms with Crippen molar-refractivity contribution >= 4 is 12.0 Å². The van der Waals surface area contributed by atoms with Gasteiger partial charge in [0.1, 0.15) is 12.4 Å². The standard InChI is InChI=1S/C20H22O4/c1-4-23-20(21)19(22-3)13-17-10-11-18(15(2)12-17)24-14-16-8-6-5-7-9-16/h5-13H,4,14H2,1-3H3/b19-13-. The molecule has 0 heterocycles. The zero-order valence-electron chi connectivity index (χ0n) is 14.2. The van der Waals surface area contributed by atoms with Crippen molar-refractivity contribution in [2.24, 2.45) is 0 Å². The molecular formula is C20H22O4. The molecule has 0 N–H and O–H groups in total. The highest BCUT2D eigenvalue weighted by atomic mass is 16.6. The van der Waals surface area contributed by atoms with Gasteiger partial charge in [0.15, 0.2) is 0 Å². The molecule has 0 spiro atoms. The third kappa shape index (κ3) is 4.88. The SMILES string of the molecule is CCOC(=O)/C(=C/c1ccc(OCc2ccccc2)c(C)c1)OC. The molecule has 2 aromatic rings. The molecule has 0 saturated carbocycles. The fraction of sp³-hybridized carbons (Fsp3) is 0.250. The van der Waals surface area contributed by atoms with Crippen LogP contribution in [0.15, 0.2) is 54.3 Å². The molecule has 0 aliphatic rings. The van der Waals surface area contributed by atoms with Gasteiger partial charge in [0, 0.05) is 0 Å². The Balaban J connectivity index is 2.09. The molecule has 2 rings (SSSR count). The van der Waals surface area contributed by atoms with Crippen LogP contribution in [0, 0.1) is 6.92 Å². The normalized spacial score (nSPS) is 11.0. The van der Waals surface area contributed by atoms with E-state index in [-0.39, 0.29) is 5.76 Å². The van der Waals surface area contributed by atoms with Crippen LogP contribution >= 0.6 is 0 Å². The van der Waals surface area contributed by atoms with E-state index in [1.165, 1.54) is 7.11 Å². The maximum Gasteiger partial charge on any atom is 0.373 e. The monoisotopic (exact) mass is 326 g/mol. The third-order valence-corrected chi connectivity index (χ3v) is 3.43. The molecule has 126 valence electrons. The van der Waals surface area contributed by atoms with Gasteiger partial charge < -0.3 is 14.2 Å². The van der Waals surface area contributed by atoms with Gasteiger partial charge in [-0.1, -0.05) is 36.4 Å². The van der Waals surface area contributed by atoms with Crippen LogP contribution in [-0.4, -0.2) is 19.7 Å². The number of aryl methyl sites for hydroxylation is 1. The molecule has 0 radical (unpaired) electrons. The Kier molecular flexibility index (Phi) is 6.43. The maximum absolute atomic E-state index is 11.7. The first kappa shape index (κ1) is 17.6. The second-order valence-electron chi connectivity index (χ2n) is 5.23. The highest BCUT2D eigenvalue weighted by Gasteiger charge is 2.11. The average molecular weight is 326 g/mol. The summed E-state index contributed by atoms with van der Waals surface area (Å²) in [6.45, 7) is 4.55. The van der Waals surface area contributed by atoms with Crippen molar-refractivity contribution in [2.45, 2.75) is 20.5 Å². The van der Waals surface area contributed by atoms with Crippen molar-refractivity contribution in [1.29, 1.82) is 0 Å². The fourth-order valence-electron chi connectivity index (χ4n) is 2.21. The van der Waals surface area contributed by atoms with E-state index in [1.807, 2.05) is 55.5 Å². The first-order valence-electron chi connectivity index (χ1n) is 7.84. The summed E-state index contributed by atoms with van der Waals surface area (Å²) >= 11 is 0. The van der Waals surface area contributed by atoms with Crippen LogP contribution in [0.3, 0.4) is 0 Å². The smallest absolute Gasteiger partial charge is 0.373 e. The number of esters is 1. The lowest BCUT2D eigenvalue weighted by Crippen LogP contribution is -2.08. The molecule has 0 amide bonds. The number of hydrogen-bond donors (Lipinski definition) is 0. The molecule has 4 heteroatoms. The largest absolute Gasteiger partial charge is 0.490 e. The van der Waals surface area contributed by atoms with Gasteiger partial charge in [0.2, 0.25) is 5.76 Å². The van der Waals surface area contributed by atoms with E-state index in [9.17, 15) is 4.79 Å². The van der Waals surface area contributed by atoms with E-state index in [0.29, 0.717) is 13.2 Å². The lowest BCUT2D eigenvalue weighted by molar-refractivity contribution is -0.141. The minimum absolute atomic E-state index is 0.175. The van der Waals surface area contributed by atoms with E-state index in [2.05, 4.69) is 0 Å². The van der Waals surface area contributed by atoms with E-state index in [0.717, 1.165) is 22.4 Å². The van der Waals surface area contributed by atoms with E-state index in [4.69, 9.17) is 14.2 Å². The topological polar surface area (TPSA) is 44.8 Å². The molecule has 4 nitrogen and oxygen atoms in total. The highest BCUT2D eigenvalue weighted by molar-refractivity contribution is 5.91. The van der Waals surface area contributed by atoms with E-state index in [1.54, 1.807) is 13.0 Å². The first-order valence-corrected chi connectivity index (χ1v) is 7.84. The number of methoxy groups -OCH3 is 1. The summed E-state index contributed by atoms with van der Waals surface area (Å²) < 4.78 is 15.9. The van der Waals surface area contributed by atoms with Gasteiger partial charge in [-0.15, -0.1) is 0 Å². The van der Waals surface area contributed by atoms with Crippen molar-refractivity contribution in [2.75, 3.05) is 13.7 Å². The fourth-order valence-corrected chi connectivity index (χ4v) is 2.21. The van der Waals surface area contributed by atoms with Crippen molar-refractivity contribution in [1.82, 2.24) is 0 Å². The Morgan fingerprint density at radius 2 is 1.88 bits per heavy atom. The lowest BCUT2D eigenvalue weighted by Gasteiger charge is -2.10. The van der Waals surface area contributed by atoms with Gasteiger partial charge in [0.25, 0.3) is 0 Å². The summed E-state index contributed by atoms with van der Waals surface area (Å²) in [5, 5.41) is 0. The minimum Gasteiger partial charge on any atom is -0.490 e. The molecule has 0 fully saturated rings. The van der Waals surface area contributed by atoms with Gasteiger partial charge in [-0.2, -0.15) is 0 Å². The van der Waals surface area contributed by atoms with Gasteiger partial charge in [-0.25, -0.2) is 4.79 Å². The second kappa shape index (κ2) is 8.77. The second-order valence-corrected chi connectivity index (χ2v) is 5.23. The summed E-state index contributed by atoms with van der Waals surface area (Å²) in [6, 6.07) is 15.7. The summed E-state index contributed by atoms with van der Waals surface area (Å²) in [7, 11) is 1.45. The number of hydrogen-bond acceptors (Lipinski definition) is 4. The van der Waals surface area contributed by atoms with Crippen LogP contribution in [0.1, 0.15) is 23.6 Å². The number of carbonyl (C=O) groups excluding carboxylic acids is 1. The predicted octanol–water partition coefficient (Wildman–Crippen LogP) is 4.12. The van der Waals surface area contributed by atoms with Gasteiger partial charge >= 0.3 is 5.97 Å². The van der Waals surface area contributed by atoms with Crippen LogP contribution in [0.4, 0.5) is 0 Å². The van der Waals surface area contributed by atoms with Gasteiger partial charge in [-0.05, 0) is 48.7 Å². The molecule has 0 atom stereocenters. The van der Waals surface area contributed by atoms with Gasteiger partial charge in [0.05, 0.1) is 13.7 Å². The van der Waals surface area contributed by atoms with E-state index >= 15 is 0 Å². The van der Waals surface area contributed by atoms with Crippen LogP contribution in [-0.2, 0) is 20.9 Å². The molecule has 0 saturated heterocycles. The molecule has 0 bridgehead atoms. The highest BCUT2D eigenvalue weighted by Crippen LogP contribution is 2.22. The average Bonchev–Trinajstić information content (AvgIpc) is 2.60. The number of rotatable bonds is 7. The minimum atomic E-state index is -0.470. The summed E-state index contributed by atoms with van der Waals surface area (Å²) in [5.74, 6) is 0.516. The lowest BCUT2D eigenvalue weighted by atomic mass is 10.1. The molecule has 0 aliphatic carbocycles. The van der Waals surface area contributed by atoms with E-state index < -0.39 is 5.97 Å². The summed E-state index contributed by atoms with van der Waals surface area (Å²) in [6.07, 6.45) is 1.66. The first-order chi connectivity index (χ1) is 11.6. The van der Waals surface area contributed by atoms with Crippen molar-refractivity contribution in [3.8, 4) is 5.75 Å². The van der Waals surface area contributed by atoms with Crippen LogP contribution in [0.2, 0.25) is 0 Å². The zero-order valence-corrected chi connectivity index (χ0v) is 14.2. The molecule has 0 aliphatic heterocycles. The van der Waals surface area contributed by atoms with Gasteiger partial charge in [-0.3, -0.25) is 0 Å². The van der Waals surface area contributed by atoms with Crippen LogP contribution in [0.5, 0.6) is 5.75 Å². The summed E-state index contributed by atoms with van der Waals surface area (Å²) in [5.41, 5.74) is 2.95. The Hall–Kier alpha value is -2.75. The van der Waals surface area contributed by atoms with Crippen LogP contribution in [0.25, 0.3) is 6.08 Å². The van der Waals surface area contributed by atoms with Crippen LogP contribution < -0.4 is 4.74 Å². The maximum atomic E-state index is 11.7. The molecule has 24 heavy (non-hydrogen) atoms. The molecule has 2 aromatic carbocycles. The zero-order chi connectivity index (χ0) is 17.4. The molecular weight excluding hydrogens is 304 g/mol. The Bertz CT molecular complexity index is 705. The Morgan fingerprint density at radius 1 is 1.12 bits per heavy atom. The third-order valence-electron chi connectivity index (χ3n) is 3.43. The van der Waals surface area contributed by atoms with Crippen molar-refractivity contribution in [3.63, 3.8) is 0 Å². The Morgan fingerprint density at radius 3 is 2.50 bits per heavy atom. The quantitative estimate of drug-likeness (QED) is 0.436. The van der Waals surface area contributed by atoms with Crippen molar-refractivity contribution in [3.05, 3.63) is 71.0 Å². The summed E-state index contributed by atoms with van der Waals surface area (Å²) in [4.78, 5) is 11.7. The predicted molar refractivity (Wildman–Crippen MR) is 93.6 cm³/mol. The number of benzene rings is 2. The molecule has 0 aromatic heterocycles.